The molecule has 7 nitrogen and oxygen atoms in total. The van der Waals surface area contributed by atoms with E-state index in [2.05, 4.69) is 9.62 Å². The number of rotatable bonds is 6. The maximum absolute atomic E-state index is 12.6. The van der Waals surface area contributed by atoms with Crippen LogP contribution in [0.4, 0.5) is 11.4 Å². The highest BCUT2D eigenvalue weighted by molar-refractivity contribution is 7.92. The highest BCUT2D eigenvalue weighted by Crippen LogP contribution is 2.24. The third-order valence-corrected chi connectivity index (χ3v) is 6.00. The van der Waals surface area contributed by atoms with Crippen molar-refractivity contribution in [1.29, 1.82) is 0 Å². The van der Waals surface area contributed by atoms with Crippen molar-refractivity contribution >= 4 is 27.8 Å². The Morgan fingerprint density at radius 2 is 1.70 bits per heavy atom. The Bertz CT molecular complexity index is 905. The lowest BCUT2D eigenvalue weighted by Crippen LogP contribution is -2.45. The molecule has 0 radical (unpaired) electrons. The number of aryl methyl sites for hydroxylation is 1. The van der Waals surface area contributed by atoms with Crippen LogP contribution in [0.3, 0.4) is 0 Å². The van der Waals surface area contributed by atoms with Crippen LogP contribution in [0.2, 0.25) is 0 Å². The number of anilines is 2. The number of hydrogen-bond acceptors (Lipinski definition) is 5. The molecule has 8 heteroatoms. The number of amides is 1. The molecule has 1 saturated heterocycles. The van der Waals surface area contributed by atoms with Crippen LogP contribution >= 0.6 is 0 Å². The highest BCUT2D eigenvalue weighted by Gasteiger charge is 2.18. The Morgan fingerprint density at radius 3 is 2.26 bits per heavy atom. The van der Waals surface area contributed by atoms with Crippen molar-refractivity contribution in [3.63, 3.8) is 0 Å². The van der Waals surface area contributed by atoms with Crippen LogP contribution in [0.1, 0.15) is 5.56 Å². The maximum Gasteiger partial charge on any atom is 0.261 e. The first kappa shape index (κ1) is 19.0. The Hall–Kier alpha value is -2.74. The molecular weight excluding hydrogens is 366 g/mol. The van der Waals surface area contributed by atoms with Gasteiger partial charge in [0.1, 0.15) is 5.75 Å². The van der Waals surface area contributed by atoms with E-state index < -0.39 is 10.0 Å². The fourth-order valence-corrected chi connectivity index (χ4v) is 4.20. The van der Waals surface area contributed by atoms with Gasteiger partial charge in [-0.05, 0) is 55.0 Å². The van der Waals surface area contributed by atoms with Crippen molar-refractivity contribution in [2.75, 3.05) is 42.9 Å². The van der Waals surface area contributed by atoms with Crippen molar-refractivity contribution in [2.24, 2.45) is 0 Å². The van der Waals surface area contributed by atoms with Crippen LogP contribution in [-0.4, -0.2) is 53.0 Å². The van der Waals surface area contributed by atoms with Gasteiger partial charge in [-0.1, -0.05) is 0 Å². The predicted molar refractivity (Wildman–Crippen MR) is 105 cm³/mol. The van der Waals surface area contributed by atoms with Gasteiger partial charge in [0, 0.05) is 37.6 Å². The standard InChI is InChI=1S/C19H23N3O4S/c1-15-13-18(7-8-19(15)26-2)27(24,25)20-16-3-5-17(6-4-16)22-11-9-21(14-23)10-12-22/h3-8,13-14,20H,9-12H2,1-2H3. The van der Waals surface area contributed by atoms with E-state index in [9.17, 15) is 13.2 Å². The molecular formula is C19H23N3O4S. The fraction of sp³-hybridized carbons (Fsp3) is 0.316. The Labute approximate surface area is 159 Å². The van der Waals surface area contributed by atoms with Crippen LogP contribution in [0.5, 0.6) is 5.75 Å². The second-order valence-corrected chi connectivity index (χ2v) is 8.09. The molecule has 2 aromatic rings. The van der Waals surface area contributed by atoms with Gasteiger partial charge in [0.15, 0.2) is 0 Å². The summed E-state index contributed by atoms with van der Waals surface area (Å²) in [6.45, 7) is 4.70. The van der Waals surface area contributed by atoms with E-state index in [1.807, 2.05) is 12.1 Å². The zero-order valence-corrected chi connectivity index (χ0v) is 16.2. The minimum Gasteiger partial charge on any atom is -0.496 e. The van der Waals surface area contributed by atoms with Crippen molar-refractivity contribution in [3.05, 3.63) is 48.0 Å². The number of nitrogens with zero attached hydrogens (tertiary/aromatic N) is 2. The lowest BCUT2D eigenvalue weighted by Gasteiger charge is -2.34. The number of methoxy groups -OCH3 is 1. The summed E-state index contributed by atoms with van der Waals surface area (Å²) in [5, 5.41) is 0. The van der Waals surface area contributed by atoms with E-state index in [4.69, 9.17) is 4.74 Å². The van der Waals surface area contributed by atoms with E-state index in [1.165, 1.54) is 6.07 Å². The Kier molecular flexibility index (Phi) is 5.55. The summed E-state index contributed by atoms with van der Waals surface area (Å²) in [6, 6.07) is 12.0. The van der Waals surface area contributed by atoms with E-state index in [-0.39, 0.29) is 4.90 Å². The normalized spacial score (nSPS) is 14.7. The zero-order chi connectivity index (χ0) is 19.4. The SMILES string of the molecule is COc1ccc(S(=O)(=O)Nc2ccc(N3CCN(C=O)CC3)cc2)cc1C. The summed E-state index contributed by atoms with van der Waals surface area (Å²) in [5.41, 5.74) is 2.26. The second-order valence-electron chi connectivity index (χ2n) is 6.41. The highest BCUT2D eigenvalue weighted by atomic mass is 32.2. The van der Waals surface area contributed by atoms with E-state index in [0.29, 0.717) is 24.5 Å². The molecule has 0 atom stereocenters. The second kappa shape index (κ2) is 7.87. The monoisotopic (exact) mass is 389 g/mol. The van der Waals surface area contributed by atoms with Gasteiger partial charge in [-0.15, -0.1) is 0 Å². The lowest BCUT2D eigenvalue weighted by atomic mass is 10.2. The number of ether oxygens (including phenoxy) is 1. The molecule has 1 aliphatic heterocycles. The van der Waals surface area contributed by atoms with Gasteiger partial charge in [-0.3, -0.25) is 9.52 Å². The number of hydrogen-bond donors (Lipinski definition) is 1. The summed E-state index contributed by atoms with van der Waals surface area (Å²) in [4.78, 5) is 14.9. The average Bonchev–Trinajstić information content (AvgIpc) is 2.68. The van der Waals surface area contributed by atoms with Crippen LogP contribution < -0.4 is 14.4 Å². The summed E-state index contributed by atoms with van der Waals surface area (Å²) in [7, 11) is -2.12. The maximum atomic E-state index is 12.6. The quantitative estimate of drug-likeness (QED) is 0.766. The Balaban J connectivity index is 1.70. The van der Waals surface area contributed by atoms with Crippen LogP contribution in [0, 0.1) is 6.92 Å². The van der Waals surface area contributed by atoms with Crippen LogP contribution in [0.25, 0.3) is 0 Å². The molecule has 1 heterocycles. The van der Waals surface area contributed by atoms with Crippen molar-refractivity contribution in [1.82, 2.24) is 4.90 Å². The molecule has 1 amide bonds. The number of benzene rings is 2. The molecule has 3 rings (SSSR count). The average molecular weight is 389 g/mol. The molecule has 0 bridgehead atoms. The summed E-state index contributed by atoms with van der Waals surface area (Å²) in [6.07, 6.45) is 0.871. The van der Waals surface area contributed by atoms with Crippen LogP contribution in [-0.2, 0) is 14.8 Å². The summed E-state index contributed by atoms with van der Waals surface area (Å²) >= 11 is 0. The lowest BCUT2D eigenvalue weighted by molar-refractivity contribution is -0.118. The molecule has 0 aliphatic carbocycles. The molecule has 144 valence electrons. The molecule has 27 heavy (non-hydrogen) atoms. The molecule has 2 aromatic carbocycles. The van der Waals surface area contributed by atoms with Gasteiger partial charge >= 0.3 is 0 Å². The molecule has 0 aromatic heterocycles. The first-order valence-electron chi connectivity index (χ1n) is 8.65. The third-order valence-electron chi connectivity index (χ3n) is 4.62. The number of sulfonamides is 1. The Morgan fingerprint density at radius 1 is 1.04 bits per heavy atom. The number of carbonyl (C=O) groups excluding carboxylic acids is 1. The largest absolute Gasteiger partial charge is 0.496 e. The minimum absolute atomic E-state index is 0.190. The molecule has 0 unspecified atom stereocenters. The third kappa shape index (κ3) is 4.33. The molecule has 1 N–H and O–H groups in total. The van der Waals surface area contributed by atoms with Gasteiger partial charge < -0.3 is 14.5 Å². The van der Waals surface area contributed by atoms with Crippen molar-refractivity contribution in [2.45, 2.75) is 11.8 Å². The van der Waals surface area contributed by atoms with E-state index >= 15 is 0 Å². The number of piperazine rings is 1. The molecule has 1 fully saturated rings. The molecule has 1 aliphatic rings. The number of carbonyl (C=O) groups is 1. The van der Waals surface area contributed by atoms with Crippen molar-refractivity contribution in [3.8, 4) is 5.75 Å². The van der Waals surface area contributed by atoms with Gasteiger partial charge in [0.2, 0.25) is 6.41 Å². The van der Waals surface area contributed by atoms with Gasteiger partial charge in [-0.25, -0.2) is 8.42 Å². The first-order valence-corrected chi connectivity index (χ1v) is 10.1. The summed E-state index contributed by atoms with van der Waals surface area (Å²) in [5.74, 6) is 0.646. The zero-order valence-electron chi connectivity index (χ0n) is 15.4. The first-order chi connectivity index (χ1) is 12.9. The van der Waals surface area contributed by atoms with Crippen molar-refractivity contribution < 1.29 is 17.9 Å². The minimum atomic E-state index is -3.67. The predicted octanol–water partition coefficient (Wildman–Crippen LogP) is 2.08. The summed E-state index contributed by atoms with van der Waals surface area (Å²) < 4.78 is 33.0. The van der Waals surface area contributed by atoms with Crippen LogP contribution in [0.15, 0.2) is 47.4 Å². The number of nitrogens with one attached hydrogen (secondary N) is 1. The fourth-order valence-electron chi connectivity index (χ4n) is 3.06. The van der Waals surface area contributed by atoms with Gasteiger partial charge in [0.05, 0.1) is 12.0 Å². The topological polar surface area (TPSA) is 79.0 Å². The molecule has 0 spiro atoms. The van der Waals surface area contributed by atoms with Gasteiger partial charge in [0.25, 0.3) is 10.0 Å². The van der Waals surface area contributed by atoms with E-state index in [1.54, 1.807) is 43.2 Å². The van der Waals surface area contributed by atoms with E-state index in [0.717, 1.165) is 30.8 Å². The smallest absolute Gasteiger partial charge is 0.261 e. The van der Waals surface area contributed by atoms with Gasteiger partial charge in [-0.2, -0.15) is 0 Å². The molecule has 0 saturated carbocycles.